The Morgan fingerprint density at radius 3 is 2.58 bits per heavy atom. The summed E-state index contributed by atoms with van der Waals surface area (Å²) in [5, 5.41) is 0. The van der Waals surface area contributed by atoms with Gasteiger partial charge in [-0.15, -0.1) is 24.0 Å². The van der Waals surface area contributed by atoms with Gasteiger partial charge in [0.15, 0.2) is 0 Å². The van der Waals surface area contributed by atoms with Gasteiger partial charge in [-0.25, -0.2) is 0 Å². The highest BCUT2D eigenvalue weighted by molar-refractivity contribution is 6.27. The number of hydrogen-bond acceptors (Lipinski definition) is 4. The van der Waals surface area contributed by atoms with E-state index in [0.717, 1.165) is 55.0 Å². The summed E-state index contributed by atoms with van der Waals surface area (Å²) in [5.41, 5.74) is 3.24. The number of aryl methyl sites for hydroxylation is 1. The van der Waals surface area contributed by atoms with Crippen molar-refractivity contribution in [2.24, 2.45) is 0 Å². The molecular formula is C17H27Cl2N3O2. The molecule has 1 aliphatic heterocycles. The number of halogens is 2. The third kappa shape index (κ3) is 4.74. The summed E-state index contributed by atoms with van der Waals surface area (Å²) in [5.74, 6) is 0.992. The molecule has 0 radical (unpaired) electrons. The first-order valence-electron chi connectivity index (χ1n) is 8.01. The van der Waals surface area contributed by atoms with Gasteiger partial charge in [0, 0.05) is 50.0 Å². The summed E-state index contributed by atoms with van der Waals surface area (Å²) in [6, 6.07) is 0.291. The molecule has 1 aromatic heterocycles. The molecule has 0 aromatic carbocycles. The standard InChI is InChI=1S/C17H26ClN3O2.ClH/c1-12-10-19-15(13(2)17(12)23-4)11-21-7-5-14(6-8-21)20(3)16(22)9-18;/h10,14H,5-9,11H2,1-4H3;1H. The Hall–Kier alpha value is -1.04. The number of piperidine rings is 1. The van der Waals surface area contributed by atoms with E-state index in [1.54, 1.807) is 12.0 Å². The fraction of sp³-hybridized carbons (Fsp3) is 0.647. The van der Waals surface area contributed by atoms with Crippen LogP contribution in [0.3, 0.4) is 0 Å². The van der Waals surface area contributed by atoms with Crippen molar-refractivity contribution in [3.8, 4) is 5.75 Å². The van der Waals surface area contributed by atoms with Crippen LogP contribution in [0.5, 0.6) is 5.75 Å². The fourth-order valence-corrected chi connectivity index (χ4v) is 3.39. The number of amides is 1. The second-order valence-corrected chi connectivity index (χ2v) is 6.46. The minimum atomic E-state index is 0. The van der Waals surface area contributed by atoms with Crippen molar-refractivity contribution in [3.63, 3.8) is 0 Å². The van der Waals surface area contributed by atoms with Crippen LogP contribution in [0.25, 0.3) is 0 Å². The SMILES string of the molecule is COc1c(C)cnc(CN2CCC(N(C)C(=O)CCl)CC2)c1C.Cl. The molecule has 0 aliphatic carbocycles. The number of aromatic nitrogens is 1. The lowest BCUT2D eigenvalue weighted by Crippen LogP contribution is -2.45. The lowest BCUT2D eigenvalue weighted by molar-refractivity contribution is -0.130. The summed E-state index contributed by atoms with van der Waals surface area (Å²) < 4.78 is 5.48. The third-order valence-electron chi connectivity index (χ3n) is 4.74. The van der Waals surface area contributed by atoms with E-state index >= 15 is 0 Å². The molecule has 2 heterocycles. The maximum atomic E-state index is 11.7. The molecule has 0 bridgehead atoms. The average molecular weight is 376 g/mol. The third-order valence-corrected chi connectivity index (χ3v) is 4.96. The minimum Gasteiger partial charge on any atom is -0.496 e. The van der Waals surface area contributed by atoms with E-state index in [0.29, 0.717) is 6.04 Å². The molecule has 1 aliphatic rings. The number of hydrogen-bond donors (Lipinski definition) is 0. The van der Waals surface area contributed by atoms with Crippen LogP contribution < -0.4 is 4.74 Å². The first kappa shape index (κ1) is 21.0. The van der Waals surface area contributed by atoms with Crippen molar-refractivity contribution in [2.45, 2.75) is 39.3 Å². The van der Waals surface area contributed by atoms with Gasteiger partial charge in [0.25, 0.3) is 0 Å². The highest BCUT2D eigenvalue weighted by Gasteiger charge is 2.25. The van der Waals surface area contributed by atoms with Crippen molar-refractivity contribution < 1.29 is 9.53 Å². The van der Waals surface area contributed by atoms with Gasteiger partial charge in [0.2, 0.25) is 5.91 Å². The maximum Gasteiger partial charge on any atom is 0.237 e. The molecule has 0 atom stereocenters. The van der Waals surface area contributed by atoms with Crippen LogP contribution in [0.15, 0.2) is 6.20 Å². The van der Waals surface area contributed by atoms with Gasteiger partial charge in [0.05, 0.1) is 12.8 Å². The molecular weight excluding hydrogens is 349 g/mol. The summed E-state index contributed by atoms with van der Waals surface area (Å²) in [6.45, 7) is 6.82. The van der Waals surface area contributed by atoms with Crippen LogP contribution in [0, 0.1) is 13.8 Å². The topological polar surface area (TPSA) is 45.7 Å². The summed E-state index contributed by atoms with van der Waals surface area (Å²) in [7, 11) is 3.55. The molecule has 5 nitrogen and oxygen atoms in total. The Balaban J connectivity index is 0.00000288. The van der Waals surface area contributed by atoms with Crippen LogP contribution in [-0.4, -0.2) is 59.9 Å². The zero-order chi connectivity index (χ0) is 17.0. The predicted molar refractivity (Wildman–Crippen MR) is 99.3 cm³/mol. The Bertz CT molecular complexity index is 561. The Kier molecular flexibility index (Phi) is 8.27. The lowest BCUT2D eigenvalue weighted by Gasteiger charge is -2.36. The molecule has 0 N–H and O–H groups in total. The molecule has 24 heavy (non-hydrogen) atoms. The number of likely N-dealkylation sites (tertiary alicyclic amines) is 1. The van der Waals surface area contributed by atoms with Gasteiger partial charge >= 0.3 is 0 Å². The second-order valence-electron chi connectivity index (χ2n) is 6.19. The first-order chi connectivity index (χ1) is 11.0. The zero-order valence-corrected chi connectivity index (χ0v) is 16.4. The highest BCUT2D eigenvalue weighted by atomic mass is 35.5. The summed E-state index contributed by atoms with van der Waals surface area (Å²) in [4.78, 5) is 20.4. The van der Waals surface area contributed by atoms with Crippen molar-refractivity contribution in [1.29, 1.82) is 0 Å². The fourth-order valence-electron chi connectivity index (χ4n) is 3.20. The van der Waals surface area contributed by atoms with E-state index in [-0.39, 0.29) is 24.2 Å². The van der Waals surface area contributed by atoms with Crippen molar-refractivity contribution in [2.75, 3.05) is 33.1 Å². The van der Waals surface area contributed by atoms with E-state index in [2.05, 4.69) is 16.8 Å². The maximum absolute atomic E-state index is 11.7. The van der Waals surface area contributed by atoms with Crippen LogP contribution >= 0.6 is 24.0 Å². The predicted octanol–water partition coefficient (Wildman–Crippen LogP) is 2.79. The van der Waals surface area contributed by atoms with Gasteiger partial charge in [-0.1, -0.05) is 0 Å². The molecule has 2 rings (SSSR count). The molecule has 1 amide bonds. The van der Waals surface area contributed by atoms with Gasteiger partial charge in [-0.05, 0) is 26.7 Å². The van der Waals surface area contributed by atoms with Crippen molar-refractivity contribution in [1.82, 2.24) is 14.8 Å². The summed E-state index contributed by atoms with van der Waals surface area (Å²) in [6.07, 6.45) is 3.82. The Morgan fingerprint density at radius 1 is 1.42 bits per heavy atom. The van der Waals surface area contributed by atoms with Crippen LogP contribution in [0.2, 0.25) is 0 Å². The van der Waals surface area contributed by atoms with E-state index in [4.69, 9.17) is 16.3 Å². The van der Waals surface area contributed by atoms with E-state index < -0.39 is 0 Å². The number of alkyl halides is 1. The number of nitrogens with zero attached hydrogens (tertiary/aromatic N) is 3. The molecule has 0 saturated carbocycles. The second kappa shape index (κ2) is 9.44. The molecule has 0 spiro atoms. The van der Waals surface area contributed by atoms with Gasteiger partial charge < -0.3 is 9.64 Å². The Labute approximate surface area is 155 Å². The first-order valence-corrected chi connectivity index (χ1v) is 8.54. The van der Waals surface area contributed by atoms with Gasteiger partial charge in [0.1, 0.15) is 11.6 Å². The van der Waals surface area contributed by atoms with Crippen LogP contribution in [0.1, 0.15) is 29.7 Å². The molecule has 0 unspecified atom stereocenters. The van der Waals surface area contributed by atoms with Crippen LogP contribution in [-0.2, 0) is 11.3 Å². The molecule has 136 valence electrons. The normalized spacial score (nSPS) is 15.7. The smallest absolute Gasteiger partial charge is 0.237 e. The number of ether oxygens (including phenoxy) is 1. The largest absolute Gasteiger partial charge is 0.496 e. The van der Waals surface area contributed by atoms with Gasteiger partial charge in [-0.2, -0.15) is 0 Å². The summed E-state index contributed by atoms with van der Waals surface area (Å²) >= 11 is 5.64. The van der Waals surface area contributed by atoms with Crippen molar-refractivity contribution in [3.05, 3.63) is 23.0 Å². The van der Waals surface area contributed by atoms with E-state index in [1.165, 1.54) is 0 Å². The minimum absolute atomic E-state index is 0. The monoisotopic (exact) mass is 375 g/mol. The number of pyridine rings is 1. The number of carbonyl (C=O) groups excluding carboxylic acids is 1. The Morgan fingerprint density at radius 2 is 2.04 bits per heavy atom. The van der Waals surface area contributed by atoms with Crippen molar-refractivity contribution >= 4 is 29.9 Å². The number of rotatable bonds is 5. The quantitative estimate of drug-likeness (QED) is 0.742. The lowest BCUT2D eigenvalue weighted by atomic mass is 10.0. The van der Waals surface area contributed by atoms with Crippen LogP contribution in [0.4, 0.5) is 0 Å². The molecule has 1 fully saturated rings. The van der Waals surface area contributed by atoms with E-state index in [1.807, 2.05) is 20.2 Å². The number of methoxy groups -OCH3 is 1. The zero-order valence-electron chi connectivity index (χ0n) is 14.8. The van der Waals surface area contributed by atoms with E-state index in [9.17, 15) is 4.79 Å². The molecule has 1 aromatic rings. The molecule has 1 saturated heterocycles. The van der Waals surface area contributed by atoms with Gasteiger partial charge in [-0.3, -0.25) is 14.7 Å². The number of carbonyl (C=O) groups is 1. The highest BCUT2D eigenvalue weighted by Crippen LogP contribution is 2.26. The average Bonchev–Trinajstić information content (AvgIpc) is 2.57. The molecule has 7 heteroatoms.